The number of aryl methyl sites for hydroxylation is 3. The second-order valence-electron chi connectivity index (χ2n) is 6.88. The summed E-state index contributed by atoms with van der Waals surface area (Å²) in [6.07, 6.45) is 4.17. The molecule has 0 saturated carbocycles. The van der Waals surface area contributed by atoms with Crippen LogP contribution in [0.2, 0.25) is 0 Å². The van der Waals surface area contributed by atoms with Crippen molar-refractivity contribution in [2.24, 2.45) is 7.05 Å². The van der Waals surface area contributed by atoms with Gasteiger partial charge >= 0.3 is 0 Å². The van der Waals surface area contributed by atoms with Crippen LogP contribution in [0.3, 0.4) is 0 Å². The van der Waals surface area contributed by atoms with E-state index in [4.69, 9.17) is 0 Å². The van der Waals surface area contributed by atoms with Crippen molar-refractivity contribution in [1.29, 1.82) is 0 Å². The Kier molecular flexibility index (Phi) is 4.03. The van der Waals surface area contributed by atoms with Crippen LogP contribution in [0, 0.1) is 6.92 Å². The number of aromatic nitrogens is 4. The van der Waals surface area contributed by atoms with Gasteiger partial charge in [-0.1, -0.05) is 12.1 Å². The lowest BCUT2D eigenvalue weighted by molar-refractivity contribution is -0.130. The average molecular weight is 337 g/mol. The highest BCUT2D eigenvalue weighted by Gasteiger charge is 2.29. The minimum Gasteiger partial charge on any atom is -0.342 e. The van der Waals surface area contributed by atoms with Gasteiger partial charge in [-0.2, -0.15) is 0 Å². The third-order valence-corrected chi connectivity index (χ3v) is 4.95. The minimum atomic E-state index is 0.203. The molecule has 130 valence electrons. The standard InChI is InChI=1S/C19H23N5O/c1-13-11-23(2)19(20-13)14-9-10-24(12-14)18(25)8-7-17-21-15-5-3-4-6-16(15)22-17/h3-6,11,14H,7-10,12H2,1-2H3,(H,21,22)/t14-/m0/s1. The molecule has 0 aliphatic carbocycles. The van der Waals surface area contributed by atoms with Crippen LogP contribution in [-0.4, -0.2) is 43.4 Å². The summed E-state index contributed by atoms with van der Waals surface area (Å²) in [5, 5.41) is 0. The first-order valence-corrected chi connectivity index (χ1v) is 8.81. The van der Waals surface area contributed by atoms with Gasteiger partial charge in [-0.3, -0.25) is 4.79 Å². The van der Waals surface area contributed by atoms with Crippen LogP contribution in [-0.2, 0) is 18.3 Å². The number of carbonyl (C=O) groups excluding carboxylic acids is 1. The Balaban J connectivity index is 1.36. The Morgan fingerprint density at radius 2 is 2.16 bits per heavy atom. The van der Waals surface area contributed by atoms with E-state index in [9.17, 15) is 4.79 Å². The minimum absolute atomic E-state index is 0.203. The maximum absolute atomic E-state index is 12.6. The fourth-order valence-corrected chi connectivity index (χ4v) is 3.72. The lowest BCUT2D eigenvalue weighted by Crippen LogP contribution is -2.29. The van der Waals surface area contributed by atoms with Gasteiger partial charge < -0.3 is 14.5 Å². The predicted molar refractivity (Wildman–Crippen MR) is 96.3 cm³/mol. The van der Waals surface area contributed by atoms with Gasteiger partial charge in [-0.05, 0) is 25.5 Å². The lowest BCUT2D eigenvalue weighted by atomic mass is 10.1. The molecule has 1 N–H and O–H groups in total. The van der Waals surface area contributed by atoms with Crippen LogP contribution in [0.4, 0.5) is 0 Å². The second kappa shape index (κ2) is 6.35. The first-order valence-electron chi connectivity index (χ1n) is 8.81. The SMILES string of the molecule is Cc1cn(C)c([C@H]2CCN(C(=O)CCc3nc4ccccc4[nH]3)C2)n1. The number of nitrogens with zero attached hydrogens (tertiary/aromatic N) is 4. The van der Waals surface area contributed by atoms with Crippen LogP contribution < -0.4 is 0 Å². The molecule has 0 unspecified atom stereocenters. The van der Waals surface area contributed by atoms with Crippen LogP contribution in [0.1, 0.15) is 36.1 Å². The van der Waals surface area contributed by atoms with E-state index in [1.165, 1.54) is 0 Å². The molecule has 6 heteroatoms. The van der Waals surface area contributed by atoms with Gasteiger partial charge in [0.05, 0.1) is 16.7 Å². The summed E-state index contributed by atoms with van der Waals surface area (Å²) in [5.41, 5.74) is 3.01. The average Bonchev–Trinajstić information content (AvgIpc) is 3.30. The fourth-order valence-electron chi connectivity index (χ4n) is 3.72. The maximum Gasteiger partial charge on any atom is 0.223 e. The molecule has 1 saturated heterocycles. The number of amides is 1. The Morgan fingerprint density at radius 3 is 2.92 bits per heavy atom. The summed E-state index contributed by atoms with van der Waals surface area (Å²) < 4.78 is 2.09. The smallest absolute Gasteiger partial charge is 0.223 e. The van der Waals surface area contributed by atoms with E-state index in [0.717, 1.165) is 47.9 Å². The number of para-hydroxylation sites is 2. The molecule has 3 aromatic rings. The van der Waals surface area contributed by atoms with Crippen molar-refractivity contribution in [3.63, 3.8) is 0 Å². The molecule has 25 heavy (non-hydrogen) atoms. The fraction of sp³-hybridized carbons (Fsp3) is 0.421. The molecule has 4 rings (SSSR count). The molecule has 2 aromatic heterocycles. The number of rotatable bonds is 4. The quantitative estimate of drug-likeness (QED) is 0.795. The lowest BCUT2D eigenvalue weighted by Gasteiger charge is -2.16. The van der Waals surface area contributed by atoms with Gasteiger partial charge in [0.2, 0.25) is 5.91 Å². The number of fused-ring (bicyclic) bond motifs is 1. The largest absolute Gasteiger partial charge is 0.342 e. The molecule has 0 radical (unpaired) electrons. The zero-order chi connectivity index (χ0) is 17.4. The number of hydrogen-bond acceptors (Lipinski definition) is 3. The molecule has 3 heterocycles. The normalized spacial score (nSPS) is 17.5. The molecule has 1 amide bonds. The van der Waals surface area contributed by atoms with Crippen LogP contribution in [0.15, 0.2) is 30.5 Å². The molecule has 1 atom stereocenters. The first kappa shape index (κ1) is 15.9. The molecule has 1 aliphatic rings. The van der Waals surface area contributed by atoms with Crippen LogP contribution >= 0.6 is 0 Å². The van der Waals surface area contributed by atoms with Crippen molar-refractivity contribution >= 4 is 16.9 Å². The van der Waals surface area contributed by atoms with Gasteiger partial charge in [-0.25, -0.2) is 9.97 Å². The Bertz CT molecular complexity index is 877. The van der Waals surface area contributed by atoms with Crippen LogP contribution in [0.5, 0.6) is 0 Å². The van der Waals surface area contributed by atoms with E-state index >= 15 is 0 Å². The van der Waals surface area contributed by atoms with Crippen LogP contribution in [0.25, 0.3) is 11.0 Å². The third-order valence-electron chi connectivity index (χ3n) is 4.95. The number of imidazole rings is 2. The summed E-state index contributed by atoms with van der Waals surface area (Å²) >= 11 is 0. The summed E-state index contributed by atoms with van der Waals surface area (Å²) in [6.45, 7) is 3.59. The van der Waals surface area contributed by atoms with Gasteiger partial charge in [-0.15, -0.1) is 0 Å². The van der Waals surface area contributed by atoms with Crippen molar-refractivity contribution in [3.8, 4) is 0 Å². The highest BCUT2D eigenvalue weighted by molar-refractivity contribution is 5.77. The van der Waals surface area contributed by atoms with E-state index < -0.39 is 0 Å². The molecule has 6 nitrogen and oxygen atoms in total. The second-order valence-corrected chi connectivity index (χ2v) is 6.88. The molecule has 1 aromatic carbocycles. The summed E-state index contributed by atoms with van der Waals surface area (Å²) in [6, 6.07) is 7.95. The number of carbonyl (C=O) groups is 1. The highest BCUT2D eigenvalue weighted by Crippen LogP contribution is 2.27. The van der Waals surface area contributed by atoms with Crippen molar-refractivity contribution in [2.45, 2.75) is 32.1 Å². The Hall–Kier alpha value is -2.63. The zero-order valence-corrected chi connectivity index (χ0v) is 14.7. The summed E-state index contributed by atoms with van der Waals surface area (Å²) in [7, 11) is 2.03. The monoisotopic (exact) mass is 337 g/mol. The van der Waals surface area contributed by atoms with Crippen molar-refractivity contribution in [1.82, 2.24) is 24.4 Å². The molecular formula is C19H23N5O. The number of nitrogens with one attached hydrogen (secondary N) is 1. The number of hydrogen-bond donors (Lipinski definition) is 1. The predicted octanol–water partition coefficient (Wildman–Crippen LogP) is 2.55. The van der Waals surface area contributed by atoms with Gasteiger partial charge in [0.1, 0.15) is 11.6 Å². The van der Waals surface area contributed by atoms with Gasteiger partial charge in [0.25, 0.3) is 0 Å². The summed E-state index contributed by atoms with van der Waals surface area (Å²) in [4.78, 5) is 27.0. The van der Waals surface area contributed by atoms with E-state index in [1.807, 2.05) is 49.3 Å². The number of H-pyrrole nitrogens is 1. The number of aromatic amines is 1. The molecule has 0 spiro atoms. The van der Waals surface area contributed by atoms with Crippen molar-refractivity contribution in [2.75, 3.05) is 13.1 Å². The number of benzene rings is 1. The number of likely N-dealkylation sites (tertiary alicyclic amines) is 1. The maximum atomic E-state index is 12.6. The topological polar surface area (TPSA) is 66.8 Å². The van der Waals surface area contributed by atoms with Crippen molar-refractivity contribution < 1.29 is 4.79 Å². The van der Waals surface area contributed by atoms with Gasteiger partial charge in [0, 0.05) is 45.1 Å². The Labute approximate surface area is 146 Å². The van der Waals surface area contributed by atoms with E-state index in [-0.39, 0.29) is 5.91 Å². The molecular weight excluding hydrogens is 314 g/mol. The van der Waals surface area contributed by atoms with Gasteiger partial charge in [0.15, 0.2) is 0 Å². The molecule has 1 fully saturated rings. The third kappa shape index (κ3) is 3.16. The van der Waals surface area contributed by atoms with E-state index in [0.29, 0.717) is 18.8 Å². The van der Waals surface area contributed by atoms with E-state index in [1.54, 1.807) is 0 Å². The highest BCUT2D eigenvalue weighted by atomic mass is 16.2. The first-order chi connectivity index (χ1) is 12.1. The zero-order valence-electron chi connectivity index (χ0n) is 14.7. The molecule has 0 bridgehead atoms. The Morgan fingerprint density at radius 1 is 1.32 bits per heavy atom. The molecule has 1 aliphatic heterocycles. The van der Waals surface area contributed by atoms with E-state index in [2.05, 4.69) is 19.5 Å². The summed E-state index contributed by atoms with van der Waals surface area (Å²) in [5.74, 6) is 2.51. The van der Waals surface area contributed by atoms with Crippen molar-refractivity contribution in [3.05, 3.63) is 47.8 Å².